The van der Waals surface area contributed by atoms with Crippen LogP contribution < -0.4 is 4.74 Å². The van der Waals surface area contributed by atoms with Crippen LogP contribution in [0.25, 0.3) is 0 Å². The molecule has 3 nitrogen and oxygen atoms in total. The zero-order valence-corrected chi connectivity index (χ0v) is 10.9. The van der Waals surface area contributed by atoms with Gasteiger partial charge >= 0.3 is 0 Å². The van der Waals surface area contributed by atoms with Gasteiger partial charge in [0.05, 0.1) is 12.2 Å². The smallest absolute Gasteiger partial charge is 0.125 e. The zero-order chi connectivity index (χ0) is 12.7. The topological polar surface area (TPSA) is 38.7 Å². The van der Waals surface area contributed by atoms with E-state index in [1.165, 1.54) is 0 Å². The fourth-order valence-corrected chi connectivity index (χ4v) is 1.68. The molecule has 0 aromatic heterocycles. The Labute approximate surface area is 103 Å². The van der Waals surface area contributed by atoms with Crippen LogP contribution in [0.4, 0.5) is 0 Å². The average molecular weight is 238 g/mol. The van der Waals surface area contributed by atoms with E-state index in [2.05, 4.69) is 6.92 Å². The quantitative estimate of drug-likeness (QED) is 0.793. The lowest BCUT2D eigenvalue weighted by molar-refractivity contribution is 0.0187. The number of hydrogen-bond acceptors (Lipinski definition) is 3. The summed E-state index contributed by atoms with van der Waals surface area (Å²) >= 11 is 0. The van der Waals surface area contributed by atoms with Crippen LogP contribution in [-0.4, -0.2) is 25.4 Å². The molecule has 0 saturated carbocycles. The molecule has 1 aromatic carbocycles. The van der Waals surface area contributed by atoms with Crippen molar-refractivity contribution in [3.05, 3.63) is 29.8 Å². The summed E-state index contributed by atoms with van der Waals surface area (Å²) in [6.45, 7) is 5.04. The Kier molecular flexibility index (Phi) is 5.45. The van der Waals surface area contributed by atoms with E-state index in [1.54, 1.807) is 14.0 Å². The highest BCUT2D eigenvalue weighted by molar-refractivity contribution is 5.37. The molecule has 1 N–H and O–H groups in total. The Morgan fingerprint density at radius 3 is 2.59 bits per heavy atom. The average Bonchev–Trinajstić information content (AvgIpc) is 2.34. The van der Waals surface area contributed by atoms with Gasteiger partial charge in [0, 0.05) is 25.7 Å². The maximum Gasteiger partial charge on any atom is 0.125 e. The monoisotopic (exact) mass is 238 g/mol. The summed E-state index contributed by atoms with van der Waals surface area (Å²) in [5.74, 6) is 0.760. The molecule has 1 aromatic rings. The van der Waals surface area contributed by atoms with Gasteiger partial charge in [-0.3, -0.25) is 0 Å². The van der Waals surface area contributed by atoms with Crippen molar-refractivity contribution in [3.8, 4) is 5.75 Å². The van der Waals surface area contributed by atoms with E-state index in [0.717, 1.165) is 17.7 Å². The number of ether oxygens (including phenoxy) is 2. The molecule has 3 heteroatoms. The largest absolute Gasteiger partial charge is 0.493 e. The van der Waals surface area contributed by atoms with Gasteiger partial charge in [-0.2, -0.15) is 0 Å². The standard InChI is InChI=1S/C14H22O3/c1-4-10-17-13-8-6-5-7-12(13)14(2,15)9-11-16-3/h5-8,15H,4,9-11H2,1-3H3. The molecular weight excluding hydrogens is 216 g/mol. The number of rotatable bonds is 7. The van der Waals surface area contributed by atoms with Crippen LogP contribution in [0.1, 0.15) is 32.3 Å². The highest BCUT2D eigenvalue weighted by atomic mass is 16.5. The highest BCUT2D eigenvalue weighted by Crippen LogP contribution is 2.32. The van der Waals surface area contributed by atoms with Crippen LogP contribution in [0.2, 0.25) is 0 Å². The lowest BCUT2D eigenvalue weighted by Gasteiger charge is -2.25. The Bertz CT molecular complexity index is 334. The van der Waals surface area contributed by atoms with Gasteiger partial charge in [0.25, 0.3) is 0 Å². The summed E-state index contributed by atoms with van der Waals surface area (Å²) in [4.78, 5) is 0. The first-order chi connectivity index (χ1) is 8.11. The molecular formula is C14H22O3. The molecule has 0 amide bonds. The van der Waals surface area contributed by atoms with Crippen molar-refractivity contribution in [3.63, 3.8) is 0 Å². The molecule has 0 aliphatic heterocycles. The predicted molar refractivity (Wildman–Crippen MR) is 68.3 cm³/mol. The van der Waals surface area contributed by atoms with E-state index in [0.29, 0.717) is 19.6 Å². The second-order valence-corrected chi connectivity index (χ2v) is 4.36. The van der Waals surface area contributed by atoms with Gasteiger partial charge in [-0.15, -0.1) is 0 Å². The third kappa shape index (κ3) is 4.02. The fourth-order valence-electron chi connectivity index (χ4n) is 1.68. The maximum absolute atomic E-state index is 10.4. The zero-order valence-electron chi connectivity index (χ0n) is 10.9. The highest BCUT2D eigenvalue weighted by Gasteiger charge is 2.26. The van der Waals surface area contributed by atoms with E-state index in [9.17, 15) is 5.11 Å². The second kappa shape index (κ2) is 6.62. The molecule has 0 saturated heterocycles. The van der Waals surface area contributed by atoms with Crippen molar-refractivity contribution in [1.29, 1.82) is 0 Å². The normalized spacial score (nSPS) is 14.4. The van der Waals surface area contributed by atoms with E-state index < -0.39 is 5.60 Å². The molecule has 96 valence electrons. The molecule has 0 aliphatic rings. The molecule has 0 spiro atoms. The van der Waals surface area contributed by atoms with Crippen molar-refractivity contribution >= 4 is 0 Å². The van der Waals surface area contributed by atoms with Crippen molar-refractivity contribution in [2.45, 2.75) is 32.3 Å². The van der Waals surface area contributed by atoms with E-state index >= 15 is 0 Å². The number of methoxy groups -OCH3 is 1. The van der Waals surface area contributed by atoms with Gasteiger partial charge in [0.2, 0.25) is 0 Å². The van der Waals surface area contributed by atoms with Crippen LogP contribution in [0.5, 0.6) is 5.75 Å². The minimum atomic E-state index is -0.916. The first-order valence-corrected chi connectivity index (χ1v) is 6.05. The van der Waals surface area contributed by atoms with Crippen molar-refractivity contribution in [2.24, 2.45) is 0 Å². The Hall–Kier alpha value is -1.06. The van der Waals surface area contributed by atoms with Crippen LogP contribution in [0.15, 0.2) is 24.3 Å². The predicted octanol–water partition coefficient (Wildman–Crippen LogP) is 2.72. The minimum absolute atomic E-state index is 0.523. The van der Waals surface area contributed by atoms with Gasteiger partial charge in [0.1, 0.15) is 5.75 Å². The Balaban J connectivity index is 2.86. The van der Waals surface area contributed by atoms with Crippen molar-refractivity contribution in [1.82, 2.24) is 0 Å². The number of benzene rings is 1. The molecule has 1 rings (SSSR count). The molecule has 0 aliphatic carbocycles. The SMILES string of the molecule is CCCOc1ccccc1C(C)(O)CCOC. The van der Waals surface area contributed by atoms with E-state index in [4.69, 9.17) is 9.47 Å². The molecule has 17 heavy (non-hydrogen) atoms. The first kappa shape index (κ1) is 14.0. The van der Waals surface area contributed by atoms with Gasteiger partial charge < -0.3 is 14.6 Å². The summed E-state index contributed by atoms with van der Waals surface area (Å²) in [5, 5.41) is 10.4. The fraction of sp³-hybridized carbons (Fsp3) is 0.571. The third-order valence-electron chi connectivity index (χ3n) is 2.72. The molecule has 0 radical (unpaired) electrons. The molecule has 1 unspecified atom stereocenters. The molecule has 0 heterocycles. The van der Waals surface area contributed by atoms with E-state index in [1.807, 2.05) is 24.3 Å². The van der Waals surface area contributed by atoms with Gasteiger partial charge in [-0.05, 0) is 19.4 Å². The maximum atomic E-state index is 10.4. The van der Waals surface area contributed by atoms with E-state index in [-0.39, 0.29) is 0 Å². The van der Waals surface area contributed by atoms with Crippen LogP contribution in [-0.2, 0) is 10.3 Å². The van der Waals surface area contributed by atoms with Gasteiger partial charge in [0.15, 0.2) is 0 Å². The molecule has 0 bridgehead atoms. The lowest BCUT2D eigenvalue weighted by atomic mass is 9.92. The number of para-hydroxylation sites is 1. The molecule has 0 fully saturated rings. The van der Waals surface area contributed by atoms with Gasteiger partial charge in [-0.25, -0.2) is 0 Å². The van der Waals surface area contributed by atoms with Crippen LogP contribution >= 0.6 is 0 Å². The summed E-state index contributed by atoms with van der Waals surface area (Å²) in [6.07, 6.45) is 1.50. The summed E-state index contributed by atoms with van der Waals surface area (Å²) in [5.41, 5.74) is -0.0918. The van der Waals surface area contributed by atoms with Crippen molar-refractivity contribution in [2.75, 3.05) is 20.3 Å². The van der Waals surface area contributed by atoms with Crippen LogP contribution in [0, 0.1) is 0 Å². The molecule has 1 atom stereocenters. The minimum Gasteiger partial charge on any atom is -0.493 e. The lowest BCUT2D eigenvalue weighted by Crippen LogP contribution is -2.24. The summed E-state index contributed by atoms with van der Waals surface area (Å²) in [6, 6.07) is 7.63. The number of aliphatic hydroxyl groups is 1. The first-order valence-electron chi connectivity index (χ1n) is 6.05. The Morgan fingerprint density at radius 2 is 1.94 bits per heavy atom. The Morgan fingerprint density at radius 1 is 1.24 bits per heavy atom. The second-order valence-electron chi connectivity index (χ2n) is 4.36. The van der Waals surface area contributed by atoms with Crippen molar-refractivity contribution < 1.29 is 14.6 Å². The summed E-state index contributed by atoms with van der Waals surface area (Å²) < 4.78 is 10.7. The number of hydrogen-bond donors (Lipinski definition) is 1. The third-order valence-corrected chi connectivity index (χ3v) is 2.72. The van der Waals surface area contributed by atoms with Gasteiger partial charge in [-0.1, -0.05) is 25.1 Å². The van der Waals surface area contributed by atoms with Crippen LogP contribution in [0.3, 0.4) is 0 Å². The summed E-state index contributed by atoms with van der Waals surface area (Å²) in [7, 11) is 1.63.